The van der Waals surface area contributed by atoms with Crippen molar-refractivity contribution in [3.63, 3.8) is 0 Å². The third-order valence-electron chi connectivity index (χ3n) is 7.01. The number of H-pyrrole nitrogens is 1. The lowest BCUT2D eigenvalue weighted by molar-refractivity contribution is 0.0842. The fourth-order valence-electron chi connectivity index (χ4n) is 5.26. The molecule has 4 aromatic rings. The van der Waals surface area contributed by atoms with Gasteiger partial charge in [0, 0.05) is 23.7 Å². The first kappa shape index (κ1) is 22.5. The van der Waals surface area contributed by atoms with Gasteiger partial charge in [-0.25, -0.2) is 4.68 Å². The van der Waals surface area contributed by atoms with Crippen LogP contribution < -0.4 is 5.56 Å². The Bertz CT molecular complexity index is 1290. The van der Waals surface area contributed by atoms with Gasteiger partial charge in [-0.05, 0) is 71.8 Å². The van der Waals surface area contributed by atoms with Crippen LogP contribution in [0, 0.1) is 6.92 Å². The molecular formula is C26H32N6O2. The molecule has 0 spiro atoms. The van der Waals surface area contributed by atoms with Crippen LogP contribution in [0.2, 0.25) is 0 Å². The Balaban J connectivity index is 1.50. The van der Waals surface area contributed by atoms with E-state index in [0.29, 0.717) is 19.1 Å². The molecule has 8 heteroatoms. The van der Waals surface area contributed by atoms with Gasteiger partial charge in [0.1, 0.15) is 12.3 Å². The molecule has 0 unspecified atom stereocenters. The maximum absolute atomic E-state index is 13.1. The van der Waals surface area contributed by atoms with E-state index in [9.17, 15) is 4.79 Å². The molecule has 0 aliphatic heterocycles. The van der Waals surface area contributed by atoms with Crippen LogP contribution in [0.4, 0.5) is 0 Å². The Kier molecular flexibility index (Phi) is 6.58. The van der Waals surface area contributed by atoms with Crippen molar-refractivity contribution in [1.82, 2.24) is 30.1 Å². The molecule has 1 aromatic carbocycles. The average Bonchev–Trinajstić information content (AvgIpc) is 3.53. The maximum Gasteiger partial charge on any atom is 0.252 e. The summed E-state index contributed by atoms with van der Waals surface area (Å²) in [5.74, 6) is 1.63. The number of rotatable bonds is 8. The number of aromatic nitrogens is 5. The van der Waals surface area contributed by atoms with Crippen molar-refractivity contribution in [2.45, 2.75) is 77.5 Å². The molecule has 1 fully saturated rings. The third kappa shape index (κ3) is 4.68. The van der Waals surface area contributed by atoms with Crippen molar-refractivity contribution in [3.05, 3.63) is 75.7 Å². The van der Waals surface area contributed by atoms with Crippen molar-refractivity contribution >= 4 is 10.9 Å². The number of nitrogens with one attached hydrogen (secondary N) is 1. The molecule has 5 rings (SSSR count). The lowest BCUT2D eigenvalue weighted by atomic mass is 9.92. The van der Waals surface area contributed by atoms with E-state index < -0.39 is 0 Å². The van der Waals surface area contributed by atoms with Crippen molar-refractivity contribution in [2.75, 3.05) is 0 Å². The smallest absolute Gasteiger partial charge is 0.252 e. The van der Waals surface area contributed by atoms with E-state index in [1.165, 1.54) is 19.3 Å². The van der Waals surface area contributed by atoms with E-state index in [1.807, 2.05) is 35.9 Å². The zero-order chi connectivity index (χ0) is 23.5. The Hall–Kier alpha value is -3.26. The van der Waals surface area contributed by atoms with E-state index in [0.717, 1.165) is 52.9 Å². The maximum atomic E-state index is 13.1. The first-order valence-electron chi connectivity index (χ1n) is 12.3. The number of tetrazole rings is 1. The van der Waals surface area contributed by atoms with Gasteiger partial charge in [-0.15, -0.1) is 5.10 Å². The molecular weight excluding hydrogens is 428 g/mol. The Morgan fingerprint density at radius 1 is 1.21 bits per heavy atom. The van der Waals surface area contributed by atoms with Gasteiger partial charge in [0.25, 0.3) is 5.56 Å². The van der Waals surface area contributed by atoms with E-state index >= 15 is 0 Å². The van der Waals surface area contributed by atoms with Crippen LogP contribution in [0.25, 0.3) is 10.9 Å². The summed E-state index contributed by atoms with van der Waals surface area (Å²) >= 11 is 0. The van der Waals surface area contributed by atoms with Crippen LogP contribution >= 0.6 is 0 Å². The van der Waals surface area contributed by atoms with Crippen LogP contribution in [0.3, 0.4) is 0 Å². The second-order valence-electron chi connectivity index (χ2n) is 9.38. The normalized spacial score (nSPS) is 15.9. The van der Waals surface area contributed by atoms with Crippen LogP contribution in [-0.4, -0.2) is 36.1 Å². The number of fused-ring (bicyclic) bond motifs is 1. The summed E-state index contributed by atoms with van der Waals surface area (Å²) in [4.78, 5) is 18.7. The molecule has 34 heavy (non-hydrogen) atoms. The molecule has 3 heterocycles. The predicted octanol–water partition coefficient (Wildman–Crippen LogP) is 4.75. The molecule has 0 bridgehead atoms. The van der Waals surface area contributed by atoms with Gasteiger partial charge in [-0.2, -0.15) is 0 Å². The lowest BCUT2D eigenvalue weighted by Crippen LogP contribution is -2.41. The minimum absolute atomic E-state index is 0.00109. The highest BCUT2D eigenvalue weighted by atomic mass is 16.3. The third-order valence-corrected chi connectivity index (χ3v) is 7.01. The Morgan fingerprint density at radius 3 is 2.82 bits per heavy atom. The minimum atomic E-state index is -0.0241. The SMILES string of the molecule is CC[C@@H](c1nnnn1Cc1ccco1)N(Cc1cc2ccc(C)cc2[nH]c1=O)C1CCCCC1. The number of nitrogens with zero attached hydrogens (tertiary/aromatic N) is 5. The number of pyridine rings is 1. The monoisotopic (exact) mass is 460 g/mol. The first-order valence-corrected chi connectivity index (χ1v) is 12.3. The molecule has 3 aromatic heterocycles. The average molecular weight is 461 g/mol. The van der Waals surface area contributed by atoms with Crippen LogP contribution in [0.15, 0.2) is 51.9 Å². The zero-order valence-corrected chi connectivity index (χ0v) is 19.9. The fourth-order valence-corrected chi connectivity index (χ4v) is 5.26. The lowest BCUT2D eigenvalue weighted by Gasteiger charge is -2.39. The van der Waals surface area contributed by atoms with E-state index in [4.69, 9.17) is 4.42 Å². The molecule has 1 atom stereocenters. The van der Waals surface area contributed by atoms with Crippen LogP contribution in [0.5, 0.6) is 0 Å². The number of hydrogen-bond acceptors (Lipinski definition) is 6. The number of furan rings is 1. The second kappa shape index (κ2) is 9.93. The van der Waals surface area contributed by atoms with E-state index in [1.54, 1.807) is 6.26 Å². The van der Waals surface area contributed by atoms with Gasteiger partial charge in [0.2, 0.25) is 0 Å². The second-order valence-corrected chi connectivity index (χ2v) is 9.38. The summed E-state index contributed by atoms with van der Waals surface area (Å²) in [6.45, 7) is 5.26. The van der Waals surface area contributed by atoms with Gasteiger partial charge in [0.05, 0.1) is 12.3 Å². The molecule has 0 amide bonds. The summed E-state index contributed by atoms with van der Waals surface area (Å²) < 4.78 is 7.37. The van der Waals surface area contributed by atoms with Crippen LogP contribution in [0.1, 0.15) is 74.2 Å². The molecule has 1 N–H and O–H groups in total. The molecule has 1 saturated carbocycles. The number of aryl methyl sites for hydroxylation is 1. The molecule has 1 aliphatic rings. The van der Waals surface area contributed by atoms with Crippen molar-refractivity contribution < 1.29 is 4.42 Å². The standard InChI is InChI=1S/C26H32N6O2/c1-3-24(25-28-29-30-32(25)17-22-10-7-13-34-22)31(21-8-5-4-6-9-21)16-20-15-19-12-11-18(2)14-23(19)27-26(20)33/h7,10-15,21,24H,3-6,8-9,16-17H2,1-2H3,(H,27,33)/t24-/m0/s1. The largest absolute Gasteiger partial charge is 0.467 e. The highest BCUT2D eigenvalue weighted by Crippen LogP contribution is 2.33. The number of aromatic amines is 1. The van der Waals surface area contributed by atoms with Gasteiger partial charge in [-0.1, -0.05) is 38.3 Å². The van der Waals surface area contributed by atoms with Gasteiger partial charge in [-0.3, -0.25) is 9.69 Å². The van der Waals surface area contributed by atoms with E-state index in [2.05, 4.69) is 44.5 Å². The van der Waals surface area contributed by atoms with Gasteiger partial charge >= 0.3 is 0 Å². The molecule has 0 saturated heterocycles. The van der Waals surface area contributed by atoms with Crippen molar-refractivity contribution in [2.24, 2.45) is 0 Å². The topological polar surface area (TPSA) is 92.8 Å². The Labute approximate surface area is 199 Å². The number of benzene rings is 1. The summed E-state index contributed by atoms with van der Waals surface area (Å²) in [5.41, 5.74) is 2.77. The first-order chi connectivity index (χ1) is 16.6. The summed E-state index contributed by atoms with van der Waals surface area (Å²) in [6.07, 6.45) is 8.46. The van der Waals surface area contributed by atoms with Crippen LogP contribution in [-0.2, 0) is 13.1 Å². The summed E-state index contributed by atoms with van der Waals surface area (Å²) in [6, 6.07) is 12.4. The highest BCUT2D eigenvalue weighted by Gasteiger charge is 2.32. The predicted molar refractivity (Wildman–Crippen MR) is 130 cm³/mol. The van der Waals surface area contributed by atoms with E-state index in [-0.39, 0.29) is 11.6 Å². The molecule has 1 aliphatic carbocycles. The fraction of sp³-hybridized carbons (Fsp3) is 0.462. The Morgan fingerprint density at radius 2 is 2.06 bits per heavy atom. The molecule has 8 nitrogen and oxygen atoms in total. The summed E-state index contributed by atoms with van der Waals surface area (Å²) in [5, 5.41) is 13.8. The summed E-state index contributed by atoms with van der Waals surface area (Å²) in [7, 11) is 0. The number of hydrogen-bond donors (Lipinski definition) is 1. The molecule has 0 radical (unpaired) electrons. The highest BCUT2D eigenvalue weighted by molar-refractivity contribution is 5.79. The van der Waals surface area contributed by atoms with Crippen molar-refractivity contribution in [3.8, 4) is 0 Å². The quantitative estimate of drug-likeness (QED) is 0.408. The van der Waals surface area contributed by atoms with Gasteiger partial charge < -0.3 is 9.40 Å². The molecule has 178 valence electrons. The minimum Gasteiger partial charge on any atom is -0.467 e. The zero-order valence-electron chi connectivity index (χ0n) is 19.9. The van der Waals surface area contributed by atoms with Crippen molar-refractivity contribution in [1.29, 1.82) is 0 Å². The van der Waals surface area contributed by atoms with Gasteiger partial charge in [0.15, 0.2) is 5.82 Å².